The third-order valence-corrected chi connectivity index (χ3v) is 3.32. The zero-order valence-corrected chi connectivity index (χ0v) is 9.71. The van der Waals surface area contributed by atoms with Crippen LogP contribution >= 0.6 is 11.6 Å². The van der Waals surface area contributed by atoms with Crippen LogP contribution in [0.2, 0.25) is 5.02 Å². The van der Waals surface area contributed by atoms with Gasteiger partial charge in [0.15, 0.2) is 0 Å². The maximum absolute atomic E-state index is 13.2. The van der Waals surface area contributed by atoms with Crippen molar-refractivity contribution in [2.45, 2.75) is 18.9 Å². The molecule has 2 atom stereocenters. The normalized spacial score (nSPS) is 25.7. The van der Waals surface area contributed by atoms with Gasteiger partial charge in [-0.3, -0.25) is 0 Å². The van der Waals surface area contributed by atoms with E-state index in [9.17, 15) is 4.39 Å². The number of nitrogens with two attached hydrogens (primary N) is 1. The SMILES string of the molecule is NC1CCOCC1Cc1ccc(Cl)c(F)c1. The number of ether oxygens (including phenoxy) is 1. The molecule has 1 heterocycles. The Bertz CT molecular complexity index is 372. The van der Waals surface area contributed by atoms with Crippen LogP contribution in [-0.2, 0) is 11.2 Å². The fourth-order valence-corrected chi connectivity index (χ4v) is 2.11. The smallest absolute Gasteiger partial charge is 0.142 e. The summed E-state index contributed by atoms with van der Waals surface area (Å²) >= 11 is 5.63. The van der Waals surface area contributed by atoms with Crippen molar-refractivity contribution in [1.29, 1.82) is 0 Å². The summed E-state index contributed by atoms with van der Waals surface area (Å²) in [5, 5.41) is 0.160. The van der Waals surface area contributed by atoms with Gasteiger partial charge >= 0.3 is 0 Å². The molecule has 1 aliphatic rings. The Morgan fingerprint density at radius 2 is 2.31 bits per heavy atom. The molecule has 2 rings (SSSR count). The van der Waals surface area contributed by atoms with E-state index in [4.69, 9.17) is 22.1 Å². The Morgan fingerprint density at radius 1 is 1.50 bits per heavy atom. The first-order valence-electron chi connectivity index (χ1n) is 5.44. The van der Waals surface area contributed by atoms with Crippen LogP contribution in [0.3, 0.4) is 0 Å². The standard InChI is InChI=1S/C12H15ClFNO/c13-10-2-1-8(6-11(10)14)5-9-7-16-4-3-12(9)15/h1-2,6,9,12H,3-5,7,15H2. The molecule has 4 heteroatoms. The van der Waals surface area contributed by atoms with E-state index in [2.05, 4.69) is 0 Å². The second-order valence-corrected chi connectivity index (χ2v) is 4.65. The van der Waals surface area contributed by atoms with E-state index < -0.39 is 0 Å². The zero-order valence-electron chi connectivity index (χ0n) is 8.96. The van der Waals surface area contributed by atoms with Crippen LogP contribution in [0.25, 0.3) is 0 Å². The van der Waals surface area contributed by atoms with Gasteiger partial charge in [0.25, 0.3) is 0 Å². The highest BCUT2D eigenvalue weighted by Gasteiger charge is 2.22. The Balaban J connectivity index is 2.05. The lowest BCUT2D eigenvalue weighted by atomic mass is 9.90. The molecule has 1 aromatic carbocycles. The quantitative estimate of drug-likeness (QED) is 0.866. The van der Waals surface area contributed by atoms with Gasteiger partial charge < -0.3 is 10.5 Å². The maximum atomic E-state index is 13.2. The predicted molar refractivity (Wildman–Crippen MR) is 62.0 cm³/mol. The van der Waals surface area contributed by atoms with Gasteiger partial charge in [-0.15, -0.1) is 0 Å². The van der Waals surface area contributed by atoms with Gasteiger partial charge in [-0.1, -0.05) is 17.7 Å². The highest BCUT2D eigenvalue weighted by atomic mass is 35.5. The molecule has 1 aromatic rings. The van der Waals surface area contributed by atoms with Crippen molar-refractivity contribution in [3.63, 3.8) is 0 Å². The minimum absolute atomic E-state index is 0.146. The van der Waals surface area contributed by atoms with Gasteiger partial charge in [-0.25, -0.2) is 4.39 Å². The number of hydrogen-bond acceptors (Lipinski definition) is 2. The summed E-state index contributed by atoms with van der Waals surface area (Å²) in [7, 11) is 0. The van der Waals surface area contributed by atoms with E-state index in [-0.39, 0.29) is 22.8 Å². The number of benzene rings is 1. The molecule has 88 valence electrons. The van der Waals surface area contributed by atoms with Crippen molar-refractivity contribution in [3.05, 3.63) is 34.6 Å². The Kier molecular flexibility index (Phi) is 3.79. The monoisotopic (exact) mass is 243 g/mol. The topological polar surface area (TPSA) is 35.2 Å². The van der Waals surface area contributed by atoms with Crippen LogP contribution in [0.4, 0.5) is 4.39 Å². The molecule has 16 heavy (non-hydrogen) atoms. The predicted octanol–water partition coefficient (Wildman–Crippen LogP) is 2.39. The van der Waals surface area contributed by atoms with Gasteiger partial charge in [0, 0.05) is 18.6 Å². The second-order valence-electron chi connectivity index (χ2n) is 4.24. The number of halogens is 2. The molecule has 0 saturated carbocycles. The van der Waals surface area contributed by atoms with E-state index in [1.54, 1.807) is 6.07 Å². The fourth-order valence-electron chi connectivity index (χ4n) is 1.99. The molecule has 0 amide bonds. The van der Waals surface area contributed by atoms with Crippen molar-refractivity contribution in [3.8, 4) is 0 Å². The molecule has 2 unspecified atom stereocenters. The summed E-state index contributed by atoms with van der Waals surface area (Å²) in [6, 6.07) is 5.05. The van der Waals surface area contributed by atoms with Crippen LogP contribution in [0.5, 0.6) is 0 Å². The molecule has 2 nitrogen and oxygen atoms in total. The summed E-state index contributed by atoms with van der Waals surface area (Å²) < 4.78 is 18.6. The molecule has 0 aliphatic carbocycles. The molecule has 2 N–H and O–H groups in total. The summed E-state index contributed by atoms with van der Waals surface area (Å²) in [5.41, 5.74) is 6.92. The van der Waals surface area contributed by atoms with E-state index in [1.807, 2.05) is 6.07 Å². The van der Waals surface area contributed by atoms with Gasteiger partial charge in [0.2, 0.25) is 0 Å². The summed E-state index contributed by atoms with van der Waals surface area (Å²) in [5.74, 6) is -0.0983. The van der Waals surface area contributed by atoms with Crippen molar-refractivity contribution >= 4 is 11.6 Å². The zero-order chi connectivity index (χ0) is 11.5. The first-order valence-corrected chi connectivity index (χ1v) is 5.82. The van der Waals surface area contributed by atoms with Crippen molar-refractivity contribution in [2.75, 3.05) is 13.2 Å². The van der Waals surface area contributed by atoms with Crippen LogP contribution in [0.15, 0.2) is 18.2 Å². The van der Waals surface area contributed by atoms with Crippen LogP contribution in [0, 0.1) is 11.7 Å². The minimum atomic E-state index is -0.371. The number of rotatable bonds is 2. The number of hydrogen-bond donors (Lipinski definition) is 1. The molecule has 1 saturated heterocycles. The summed E-state index contributed by atoms with van der Waals surface area (Å²) in [6.07, 6.45) is 1.62. The van der Waals surface area contributed by atoms with E-state index >= 15 is 0 Å². The van der Waals surface area contributed by atoms with Gasteiger partial charge in [0.05, 0.1) is 11.6 Å². The Labute approximate surface area is 99.5 Å². The first-order chi connectivity index (χ1) is 7.66. The lowest BCUT2D eigenvalue weighted by Crippen LogP contribution is -2.39. The summed E-state index contributed by atoms with van der Waals surface area (Å²) in [4.78, 5) is 0. The van der Waals surface area contributed by atoms with Crippen molar-refractivity contribution in [2.24, 2.45) is 11.7 Å². The molecule has 0 spiro atoms. The largest absolute Gasteiger partial charge is 0.381 e. The molecule has 0 radical (unpaired) electrons. The summed E-state index contributed by atoms with van der Waals surface area (Å²) in [6.45, 7) is 1.39. The Morgan fingerprint density at radius 3 is 3.00 bits per heavy atom. The van der Waals surface area contributed by atoms with Gasteiger partial charge in [-0.05, 0) is 30.5 Å². The minimum Gasteiger partial charge on any atom is -0.381 e. The average Bonchev–Trinajstić information content (AvgIpc) is 2.27. The highest BCUT2D eigenvalue weighted by Crippen LogP contribution is 2.21. The molecule has 1 aliphatic heterocycles. The van der Waals surface area contributed by atoms with Crippen molar-refractivity contribution < 1.29 is 9.13 Å². The third-order valence-electron chi connectivity index (χ3n) is 3.01. The van der Waals surface area contributed by atoms with E-state index in [0.29, 0.717) is 6.61 Å². The van der Waals surface area contributed by atoms with Crippen LogP contribution in [-0.4, -0.2) is 19.3 Å². The lowest BCUT2D eigenvalue weighted by Gasteiger charge is -2.28. The van der Waals surface area contributed by atoms with Crippen LogP contribution in [0.1, 0.15) is 12.0 Å². The average molecular weight is 244 g/mol. The molecular weight excluding hydrogens is 229 g/mol. The van der Waals surface area contributed by atoms with Crippen LogP contribution < -0.4 is 5.73 Å². The lowest BCUT2D eigenvalue weighted by molar-refractivity contribution is 0.0422. The molecule has 0 bridgehead atoms. The molecule has 0 aromatic heterocycles. The first kappa shape index (κ1) is 11.8. The maximum Gasteiger partial charge on any atom is 0.142 e. The molecule has 1 fully saturated rings. The molecular formula is C12H15ClFNO. The Hall–Kier alpha value is -0.640. The van der Waals surface area contributed by atoms with Gasteiger partial charge in [-0.2, -0.15) is 0 Å². The second kappa shape index (κ2) is 5.13. The van der Waals surface area contributed by atoms with Gasteiger partial charge in [0.1, 0.15) is 5.82 Å². The third kappa shape index (κ3) is 2.73. The van der Waals surface area contributed by atoms with E-state index in [1.165, 1.54) is 6.07 Å². The highest BCUT2D eigenvalue weighted by molar-refractivity contribution is 6.30. The van der Waals surface area contributed by atoms with E-state index in [0.717, 1.165) is 25.0 Å². The fraction of sp³-hybridized carbons (Fsp3) is 0.500. The van der Waals surface area contributed by atoms with Crippen molar-refractivity contribution in [1.82, 2.24) is 0 Å².